The molecule has 0 radical (unpaired) electrons. The van der Waals surface area contributed by atoms with Crippen molar-refractivity contribution < 1.29 is 14.7 Å². The number of carboxylic acids is 1. The van der Waals surface area contributed by atoms with Crippen LogP contribution in [0.25, 0.3) is 0 Å². The Bertz CT molecular complexity index is 445. The standard InChI is InChI=1S/C14H18N2O3/c1-3-10-15(11-13(17)18)14(19)16(4-2)12-8-6-5-7-9-12/h3,5-9H,1,4,10-11H2,2H3,(H,17,18). The van der Waals surface area contributed by atoms with Crippen molar-refractivity contribution in [3.05, 3.63) is 43.0 Å². The van der Waals surface area contributed by atoms with Crippen LogP contribution in [0.15, 0.2) is 43.0 Å². The second-order valence-corrected chi connectivity index (χ2v) is 3.93. The summed E-state index contributed by atoms with van der Waals surface area (Å²) in [6.45, 7) is 5.72. The maximum absolute atomic E-state index is 12.3. The highest BCUT2D eigenvalue weighted by Gasteiger charge is 2.21. The highest BCUT2D eigenvalue weighted by molar-refractivity contribution is 5.93. The summed E-state index contributed by atoms with van der Waals surface area (Å²) in [5.41, 5.74) is 0.745. The molecule has 0 spiro atoms. The Morgan fingerprint density at radius 1 is 1.32 bits per heavy atom. The third kappa shape index (κ3) is 4.13. The number of rotatable bonds is 6. The maximum atomic E-state index is 12.3. The monoisotopic (exact) mass is 262 g/mol. The molecule has 1 rings (SSSR count). The van der Waals surface area contributed by atoms with E-state index in [-0.39, 0.29) is 19.1 Å². The van der Waals surface area contributed by atoms with Gasteiger partial charge < -0.3 is 10.0 Å². The summed E-state index contributed by atoms with van der Waals surface area (Å²) in [5, 5.41) is 8.84. The van der Waals surface area contributed by atoms with Gasteiger partial charge >= 0.3 is 12.0 Å². The molecule has 1 aromatic carbocycles. The summed E-state index contributed by atoms with van der Waals surface area (Å²) < 4.78 is 0. The molecule has 0 atom stereocenters. The lowest BCUT2D eigenvalue weighted by Gasteiger charge is -2.28. The molecule has 0 aromatic heterocycles. The number of amides is 2. The predicted molar refractivity (Wildman–Crippen MR) is 74.3 cm³/mol. The minimum Gasteiger partial charge on any atom is -0.480 e. The number of nitrogens with zero attached hydrogens (tertiary/aromatic N) is 2. The molecule has 0 aliphatic rings. The van der Waals surface area contributed by atoms with E-state index >= 15 is 0 Å². The molecule has 102 valence electrons. The highest BCUT2D eigenvalue weighted by Crippen LogP contribution is 2.15. The van der Waals surface area contributed by atoms with E-state index < -0.39 is 5.97 Å². The normalized spacial score (nSPS) is 9.74. The van der Waals surface area contributed by atoms with E-state index in [2.05, 4.69) is 6.58 Å². The van der Waals surface area contributed by atoms with Crippen molar-refractivity contribution in [1.29, 1.82) is 0 Å². The first kappa shape index (κ1) is 14.8. The van der Waals surface area contributed by atoms with Crippen LogP contribution in [0.5, 0.6) is 0 Å². The van der Waals surface area contributed by atoms with Gasteiger partial charge in [0.15, 0.2) is 0 Å². The van der Waals surface area contributed by atoms with E-state index in [4.69, 9.17) is 5.11 Å². The molecule has 19 heavy (non-hydrogen) atoms. The molecule has 0 saturated heterocycles. The van der Waals surface area contributed by atoms with Crippen LogP contribution in [0.3, 0.4) is 0 Å². The number of aliphatic carboxylic acids is 1. The van der Waals surface area contributed by atoms with Crippen molar-refractivity contribution in [2.75, 3.05) is 24.5 Å². The van der Waals surface area contributed by atoms with Gasteiger partial charge in [-0.3, -0.25) is 9.69 Å². The Kier molecular flexibility index (Phi) is 5.60. The van der Waals surface area contributed by atoms with Crippen molar-refractivity contribution in [2.24, 2.45) is 0 Å². The first-order valence-corrected chi connectivity index (χ1v) is 6.04. The number of hydrogen-bond acceptors (Lipinski definition) is 2. The van der Waals surface area contributed by atoms with E-state index in [1.807, 2.05) is 37.3 Å². The van der Waals surface area contributed by atoms with E-state index in [0.29, 0.717) is 6.54 Å². The number of para-hydroxylation sites is 1. The molecular weight excluding hydrogens is 244 g/mol. The Balaban J connectivity index is 2.92. The number of hydrogen-bond donors (Lipinski definition) is 1. The number of carboxylic acid groups (broad SMARTS) is 1. The maximum Gasteiger partial charge on any atom is 0.325 e. The van der Waals surface area contributed by atoms with Gasteiger partial charge in [-0.2, -0.15) is 0 Å². The van der Waals surface area contributed by atoms with Gasteiger partial charge in [-0.1, -0.05) is 24.3 Å². The summed E-state index contributed by atoms with van der Waals surface area (Å²) in [6, 6.07) is 8.82. The molecule has 1 aromatic rings. The van der Waals surface area contributed by atoms with Gasteiger partial charge in [0.05, 0.1) is 0 Å². The predicted octanol–water partition coefficient (Wildman–Crippen LogP) is 2.21. The van der Waals surface area contributed by atoms with Crippen LogP contribution >= 0.6 is 0 Å². The van der Waals surface area contributed by atoms with E-state index in [1.54, 1.807) is 0 Å². The van der Waals surface area contributed by atoms with Crippen LogP contribution in [0, 0.1) is 0 Å². The van der Waals surface area contributed by atoms with Crippen molar-refractivity contribution in [1.82, 2.24) is 4.90 Å². The average molecular weight is 262 g/mol. The third-order valence-corrected chi connectivity index (χ3v) is 2.56. The highest BCUT2D eigenvalue weighted by atomic mass is 16.4. The average Bonchev–Trinajstić information content (AvgIpc) is 2.39. The molecule has 0 bridgehead atoms. The summed E-state index contributed by atoms with van der Waals surface area (Å²) in [5.74, 6) is -1.04. The largest absolute Gasteiger partial charge is 0.480 e. The van der Waals surface area contributed by atoms with Crippen LogP contribution in [0.4, 0.5) is 10.5 Å². The zero-order valence-corrected chi connectivity index (χ0v) is 11.0. The molecule has 0 heterocycles. The fraction of sp³-hybridized carbons (Fsp3) is 0.286. The van der Waals surface area contributed by atoms with Crippen molar-refractivity contribution in [2.45, 2.75) is 6.92 Å². The molecule has 0 fully saturated rings. The van der Waals surface area contributed by atoms with E-state index in [9.17, 15) is 9.59 Å². The molecule has 0 aliphatic heterocycles. The number of anilines is 1. The van der Waals surface area contributed by atoms with Gasteiger partial charge in [0, 0.05) is 18.8 Å². The van der Waals surface area contributed by atoms with Gasteiger partial charge in [0.25, 0.3) is 0 Å². The van der Waals surface area contributed by atoms with Gasteiger partial charge in [-0.15, -0.1) is 6.58 Å². The quantitative estimate of drug-likeness (QED) is 0.799. The van der Waals surface area contributed by atoms with Crippen molar-refractivity contribution in [3.8, 4) is 0 Å². The second-order valence-electron chi connectivity index (χ2n) is 3.93. The first-order valence-electron chi connectivity index (χ1n) is 6.04. The number of carbonyl (C=O) groups excluding carboxylic acids is 1. The van der Waals surface area contributed by atoms with Crippen LogP contribution in [-0.4, -0.2) is 41.6 Å². The SMILES string of the molecule is C=CCN(CC(=O)O)C(=O)N(CC)c1ccccc1. The van der Waals surface area contributed by atoms with Crippen molar-refractivity contribution in [3.63, 3.8) is 0 Å². The Hall–Kier alpha value is -2.30. The minimum absolute atomic E-state index is 0.203. The summed E-state index contributed by atoms with van der Waals surface area (Å²) >= 11 is 0. The molecule has 1 N–H and O–H groups in total. The molecule has 5 heteroatoms. The number of carbonyl (C=O) groups is 2. The van der Waals surface area contributed by atoms with Gasteiger partial charge in [0.1, 0.15) is 6.54 Å². The third-order valence-electron chi connectivity index (χ3n) is 2.56. The van der Waals surface area contributed by atoms with Crippen LogP contribution < -0.4 is 4.90 Å². The van der Waals surface area contributed by atoms with Gasteiger partial charge in [-0.05, 0) is 19.1 Å². The molecule has 2 amide bonds. The van der Waals surface area contributed by atoms with Crippen LogP contribution in [-0.2, 0) is 4.79 Å². The minimum atomic E-state index is -1.04. The number of benzene rings is 1. The fourth-order valence-corrected chi connectivity index (χ4v) is 1.74. The smallest absolute Gasteiger partial charge is 0.325 e. The van der Waals surface area contributed by atoms with E-state index in [0.717, 1.165) is 5.69 Å². The van der Waals surface area contributed by atoms with Gasteiger partial charge in [0.2, 0.25) is 0 Å². The number of urea groups is 1. The Morgan fingerprint density at radius 3 is 2.42 bits per heavy atom. The summed E-state index contributed by atoms with van der Waals surface area (Å²) in [4.78, 5) is 25.9. The topological polar surface area (TPSA) is 60.9 Å². The molecule has 5 nitrogen and oxygen atoms in total. The molecule has 0 saturated carbocycles. The van der Waals surface area contributed by atoms with Crippen molar-refractivity contribution >= 4 is 17.7 Å². The molecular formula is C14H18N2O3. The lowest BCUT2D eigenvalue weighted by atomic mass is 10.3. The molecule has 0 aliphatic carbocycles. The van der Waals surface area contributed by atoms with Gasteiger partial charge in [-0.25, -0.2) is 4.79 Å². The summed E-state index contributed by atoms with van der Waals surface area (Å²) in [7, 11) is 0. The Labute approximate surface area is 112 Å². The zero-order valence-electron chi connectivity index (χ0n) is 11.0. The zero-order chi connectivity index (χ0) is 14.3. The summed E-state index contributed by atoms with van der Waals surface area (Å²) in [6.07, 6.45) is 1.51. The van der Waals surface area contributed by atoms with E-state index in [1.165, 1.54) is 15.9 Å². The lowest BCUT2D eigenvalue weighted by molar-refractivity contribution is -0.137. The Morgan fingerprint density at radius 2 is 1.95 bits per heavy atom. The van der Waals surface area contributed by atoms with Crippen LogP contribution in [0.2, 0.25) is 0 Å². The second kappa shape index (κ2) is 7.20. The van der Waals surface area contributed by atoms with Crippen LogP contribution in [0.1, 0.15) is 6.92 Å². The lowest BCUT2D eigenvalue weighted by Crippen LogP contribution is -2.45. The fourth-order valence-electron chi connectivity index (χ4n) is 1.74. The molecule has 0 unspecified atom stereocenters. The first-order chi connectivity index (χ1) is 9.10.